The number of benzene rings is 1. The van der Waals surface area contributed by atoms with E-state index in [4.69, 9.17) is 9.84 Å². The third-order valence-corrected chi connectivity index (χ3v) is 3.13. The molecule has 1 heterocycles. The van der Waals surface area contributed by atoms with E-state index in [2.05, 4.69) is 0 Å². The Morgan fingerprint density at radius 1 is 1.56 bits per heavy atom. The molecular weight excluding hydrogens is 237 g/mol. The van der Waals surface area contributed by atoms with Crippen molar-refractivity contribution in [3.05, 3.63) is 29.6 Å². The van der Waals surface area contributed by atoms with E-state index in [1.165, 1.54) is 6.07 Å². The third-order valence-electron chi connectivity index (χ3n) is 3.13. The molecule has 1 unspecified atom stereocenters. The van der Waals surface area contributed by atoms with Gasteiger partial charge in [-0.15, -0.1) is 0 Å². The Hall–Kier alpha value is -1.17. The van der Waals surface area contributed by atoms with Crippen molar-refractivity contribution in [2.75, 3.05) is 31.2 Å². The van der Waals surface area contributed by atoms with E-state index in [1.807, 2.05) is 4.90 Å². The second-order valence-electron chi connectivity index (χ2n) is 4.47. The predicted molar refractivity (Wildman–Crippen MR) is 66.1 cm³/mol. The molecule has 0 bridgehead atoms. The van der Waals surface area contributed by atoms with Crippen molar-refractivity contribution in [3.8, 4) is 0 Å². The van der Waals surface area contributed by atoms with Gasteiger partial charge in [-0.25, -0.2) is 4.39 Å². The van der Waals surface area contributed by atoms with Gasteiger partial charge in [0.05, 0.1) is 25.4 Å². The predicted octanol–water partition coefficient (Wildman–Crippen LogP) is 1.08. The van der Waals surface area contributed by atoms with Crippen LogP contribution in [0.25, 0.3) is 0 Å². The summed E-state index contributed by atoms with van der Waals surface area (Å²) in [7, 11) is 0. The number of morpholine rings is 1. The summed E-state index contributed by atoms with van der Waals surface area (Å²) >= 11 is 0. The lowest BCUT2D eigenvalue weighted by molar-refractivity contribution is 0.00340. The number of anilines is 1. The lowest BCUT2D eigenvalue weighted by Gasteiger charge is -2.35. The number of nitrogens with zero attached hydrogens (tertiary/aromatic N) is 1. The smallest absolute Gasteiger partial charge is 0.131 e. The van der Waals surface area contributed by atoms with Crippen molar-refractivity contribution < 1.29 is 19.3 Å². The van der Waals surface area contributed by atoms with Crippen molar-refractivity contribution in [2.45, 2.75) is 19.1 Å². The van der Waals surface area contributed by atoms with Gasteiger partial charge in [0.15, 0.2) is 0 Å². The minimum Gasteiger partial charge on any atom is -0.394 e. The van der Waals surface area contributed by atoms with Crippen LogP contribution in [0.15, 0.2) is 18.2 Å². The van der Waals surface area contributed by atoms with Crippen molar-refractivity contribution in [3.63, 3.8) is 0 Å². The Kier molecular flexibility index (Phi) is 4.16. The van der Waals surface area contributed by atoms with Crippen LogP contribution in [0.5, 0.6) is 0 Å². The fourth-order valence-electron chi connectivity index (χ4n) is 2.26. The molecule has 18 heavy (non-hydrogen) atoms. The van der Waals surface area contributed by atoms with Gasteiger partial charge in [0.2, 0.25) is 0 Å². The maximum atomic E-state index is 13.8. The number of rotatable bonds is 3. The number of halogens is 1. The van der Waals surface area contributed by atoms with Crippen molar-refractivity contribution >= 4 is 5.69 Å². The highest BCUT2D eigenvalue weighted by molar-refractivity contribution is 5.55. The van der Waals surface area contributed by atoms with Gasteiger partial charge >= 0.3 is 0 Å². The van der Waals surface area contributed by atoms with Gasteiger partial charge in [0, 0.05) is 24.3 Å². The number of aliphatic hydroxyl groups is 2. The SMILES string of the molecule is C[C@@H](O)c1c(F)cccc1N1CCOC(CO)C1. The summed E-state index contributed by atoms with van der Waals surface area (Å²) in [6.07, 6.45) is -1.12. The normalized spacial score (nSPS) is 22.0. The molecule has 1 aromatic rings. The average molecular weight is 255 g/mol. The van der Waals surface area contributed by atoms with E-state index in [9.17, 15) is 9.50 Å². The zero-order valence-corrected chi connectivity index (χ0v) is 10.3. The molecule has 2 rings (SSSR count). The number of aliphatic hydroxyl groups excluding tert-OH is 2. The van der Waals surface area contributed by atoms with Gasteiger partial charge in [0.25, 0.3) is 0 Å². The summed E-state index contributed by atoms with van der Waals surface area (Å²) in [5.74, 6) is -0.408. The Morgan fingerprint density at radius 2 is 2.33 bits per heavy atom. The van der Waals surface area contributed by atoms with Crippen LogP contribution in [0.4, 0.5) is 10.1 Å². The molecule has 0 aliphatic carbocycles. The molecule has 2 atom stereocenters. The first-order chi connectivity index (χ1) is 8.63. The summed E-state index contributed by atoms with van der Waals surface area (Å²) in [4.78, 5) is 1.94. The second-order valence-corrected chi connectivity index (χ2v) is 4.47. The minimum absolute atomic E-state index is 0.0597. The van der Waals surface area contributed by atoms with Gasteiger partial charge in [-0.05, 0) is 19.1 Å². The molecule has 2 N–H and O–H groups in total. The molecule has 1 fully saturated rings. The summed E-state index contributed by atoms with van der Waals surface area (Å²) in [6, 6.07) is 4.75. The first-order valence-corrected chi connectivity index (χ1v) is 6.07. The largest absolute Gasteiger partial charge is 0.394 e. The van der Waals surface area contributed by atoms with Gasteiger partial charge in [-0.1, -0.05) is 6.07 Å². The quantitative estimate of drug-likeness (QED) is 0.848. The van der Waals surface area contributed by atoms with Gasteiger partial charge in [-0.3, -0.25) is 0 Å². The van der Waals surface area contributed by atoms with Crippen LogP contribution >= 0.6 is 0 Å². The van der Waals surface area contributed by atoms with E-state index in [0.29, 0.717) is 30.9 Å². The van der Waals surface area contributed by atoms with Crippen LogP contribution in [0.3, 0.4) is 0 Å². The molecule has 0 saturated carbocycles. The molecule has 1 aliphatic rings. The van der Waals surface area contributed by atoms with Gasteiger partial charge < -0.3 is 19.8 Å². The lowest BCUT2D eigenvalue weighted by atomic mass is 10.1. The molecule has 0 amide bonds. The summed E-state index contributed by atoms with van der Waals surface area (Å²) < 4.78 is 19.1. The first-order valence-electron chi connectivity index (χ1n) is 6.07. The highest BCUT2D eigenvalue weighted by atomic mass is 19.1. The summed E-state index contributed by atoms with van der Waals surface area (Å²) in [5.41, 5.74) is 0.975. The lowest BCUT2D eigenvalue weighted by Crippen LogP contribution is -2.44. The Bertz CT molecular complexity index is 411. The minimum atomic E-state index is -0.864. The monoisotopic (exact) mass is 255 g/mol. The van der Waals surface area contributed by atoms with Crippen molar-refractivity contribution in [1.82, 2.24) is 0 Å². The molecule has 100 valence electrons. The number of ether oxygens (including phenoxy) is 1. The molecule has 5 heteroatoms. The Morgan fingerprint density at radius 3 is 3.00 bits per heavy atom. The van der Waals surface area contributed by atoms with E-state index in [0.717, 1.165) is 0 Å². The zero-order chi connectivity index (χ0) is 13.1. The maximum absolute atomic E-state index is 13.8. The van der Waals surface area contributed by atoms with Crippen LogP contribution < -0.4 is 4.90 Å². The van der Waals surface area contributed by atoms with E-state index >= 15 is 0 Å². The standard InChI is InChI=1S/C13H18FNO3/c1-9(17)13-11(14)3-2-4-12(13)15-5-6-18-10(7-15)8-16/h2-4,9-10,16-17H,5-8H2,1H3/t9-,10?/m1/s1. The number of hydrogen-bond donors (Lipinski definition) is 2. The zero-order valence-electron chi connectivity index (χ0n) is 10.3. The van der Waals surface area contributed by atoms with E-state index in [-0.39, 0.29) is 12.7 Å². The molecule has 0 aromatic heterocycles. The maximum Gasteiger partial charge on any atom is 0.131 e. The Labute approximate surface area is 106 Å². The van der Waals surface area contributed by atoms with Crippen LogP contribution in [-0.4, -0.2) is 42.6 Å². The molecule has 0 spiro atoms. The van der Waals surface area contributed by atoms with Crippen molar-refractivity contribution in [2.24, 2.45) is 0 Å². The summed E-state index contributed by atoms with van der Waals surface area (Å²) in [6.45, 7) is 3.10. The summed E-state index contributed by atoms with van der Waals surface area (Å²) in [5, 5.41) is 18.8. The number of hydrogen-bond acceptors (Lipinski definition) is 4. The van der Waals surface area contributed by atoms with Gasteiger partial charge in [-0.2, -0.15) is 0 Å². The second kappa shape index (κ2) is 5.65. The van der Waals surface area contributed by atoms with Crippen LogP contribution in [0, 0.1) is 5.82 Å². The Balaban J connectivity index is 2.29. The van der Waals surface area contributed by atoms with Gasteiger partial charge in [0.1, 0.15) is 5.82 Å². The van der Waals surface area contributed by atoms with E-state index < -0.39 is 11.9 Å². The fraction of sp³-hybridized carbons (Fsp3) is 0.538. The molecule has 0 radical (unpaired) electrons. The molecule has 1 aliphatic heterocycles. The van der Waals surface area contributed by atoms with Crippen LogP contribution in [0.2, 0.25) is 0 Å². The van der Waals surface area contributed by atoms with Crippen LogP contribution in [-0.2, 0) is 4.74 Å². The molecule has 1 saturated heterocycles. The molecule has 1 aromatic carbocycles. The van der Waals surface area contributed by atoms with Crippen LogP contribution in [0.1, 0.15) is 18.6 Å². The first kappa shape index (κ1) is 13.3. The van der Waals surface area contributed by atoms with Crippen molar-refractivity contribution in [1.29, 1.82) is 0 Å². The third kappa shape index (κ3) is 2.63. The molecule has 4 nitrogen and oxygen atoms in total. The highest BCUT2D eigenvalue weighted by Crippen LogP contribution is 2.30. The topological polar surface area (TPSA) is 52.9 Å². The molecular formula is C13H18FNO3. The fourth-order valence-corrected chi connectivity index (χ4v) is 2.26. The van der Waals surface area contributed by atoms with E-state index in [1.54, 1.807) is 19.1 Å². The average Bonchev–Trinajstić information content (AvgIpc) is 2.38. The highest BCUT2D eigenvalue weighted by Gasteiger charge is 2.24.